The van der Waals surface area contributed by atoms with Crippen molar-refractivity contribution in [3.63, 3.8) is 0 Å². The summed E-state index contributed by atoms with van der Waals surface area (Å²) in [5.41, 5.74) is 0.368. The molecule has 0 spiro atoms. The van der Waals surface area contributed by atoms with E-state index in [0.29, 0.717) is 24.1 Å². The molecule has 3 fully saturated rings. The zero-order valence-corrected chi connectivity index (χ0v) is 16.9. The average Bonchev–Trinajstić information content (AvgIpc) is 3.44. The highest BCUT2D eigenvalue weighted by Gasteiger charge is 2.35. The van der Waals surface area contributed by atoms with Crippen LogP contribution in [-0.2, 0) is 4.79 Å². The van der Waals surface area contributed by atoms with Crippen molar-refractivity contribution in [3.8, 4) is 0 Å². The molecule has 4 rings (SSSR count). The fraction of sp³-hybridized carbons (Fsp3) is 0.762. The van der Waals surface area contributed by atoms with Crippen molar-refractivity contribution < 1.29 is 14.1 Å². The smallest absolute Gasteiger partial charge is 0.273 e. The van der Waals surface area contributed by atoms with Gasteiger partial charge in [-0.25, -0.2) is 0 Å². The number of piperidine rings is 2. The number of hydrogen-bond donors (Lipinski definition) is 2. The van der Waals surface area contributed by atoms with Crippen LogP contribution in [0.4, 0.5) is 0 Å². The molecule has 0 bridgehead atoms. The van der Waals surface area contributed by atoms with E-state index in [4.69, 9.17) is 4.52 Å². The molecule has 2 aliphatic heterocycles. The van der Waals surface area contributed by atoms with Crippen LogP contribution in [0.15, 0.2) is 10.6 Å². The first-order valence-corrected chi connectivity index (χ1v) is 10.8. The molecular weight excluding hydrogens is 356 g/mol. The molecule has 0 unspecified atom stereocenters. The number of nitrogens with one attached hydrogen (secondary N) is 2. The second-order valence-corrected chi connectivity index (χ2v) is 8.84. The summed E-state index contributed by atoms with van der Waals surface area (Å²) in [6.45, 7) is 6.90. The molecule has 0 radical (unpaired) electrons. The van der Waals surface area contributed by atoms with Gasteiger partial charge in [0.2, 0.25) is 5.91 Å². The third kappa shape index (κ3) is 4.24. The lowest BCUT2D eigenvalue weighted by Gasteiger charge is -2.40. The lowest BCUT2D eigenvalue weighted by molar-refractivity contribution is -0.140. The first kappa shape index (κ1) is 19.4. The van der Waals surface area contributed by atoms with Gasteiger partial charge in [-0.05, 0) is 64.5 Å². The normalized spacial score (nSPS) is 27.4. The standard InChI is InChI=1S/C21H32N4O3/c1-13-11-17(23-20(26)18-12-19(28-24-18)16-3-4-16)7-10-25(13)21(27)14(2)15-5-8-22-9-6-15/h12-17,22H,3-11H2,1-2H3,(H,23,26)/t13-,14-,17-/m0/s1. The lowest BCUT2D eigenvalue weighted by Crippen LogP contribution is -2.53. The Labute approximate surface area is 166 Å². The Hall–Kier alpha value is -1.89. The van der Waals surface area contributed by atoms with Gasteiger partial charge in [-0.3, -0.25) is 9.59 Å². The lowest BCUT2D eigenvalue weighted by atomic mass is 9.84. The highest BCUT2D eigenvalue weighted by atomic mass is 16.5. The molecule has 28 heavy (non-hydrogen) atoms. The number of hydrogen-bond acceptors (Lipinski definition) is 5. The van der Waals surface area contributed by atoms with Crippen LogP contribution >= 0.6 is 0 Å². The van der Waals surface area contributed by atoms with Gasteiger partial charge in [0.05, 0.1) is 0 Å². The number of carbonyl (C=O) groups is 2. The van der Waals surface area contributed by atoms with Crippen molar-refractivity contribution in [1.29, 1.82) is 0 Å². The van der Waals surface area contributed by atoms with E-state index in [2.05, 4.69) is 29.6 Å². The average molecular weight is 389 g/mol. The highest BCUT2D eigenvalue weighted by Crippen LogP contribution is 2.40. The Morgan fingerprint density at radius 3 is 2.68 bits per heavy atom. The number of aromatic nitrogens is 1. The summed E-state index contributed by atoms with van der Waals surface area (Å²) in [5, 5.41) is 10.4. The predicted molar refractivity (Wildman–Crippen MR) is 105 cm³/mol. The maximum absolute atomic E-state index is 13.0. The second kappa shape index (κ2) is 8.23. The van der Waals surface area contributed by atoms with E-state index in [1.807, 2.05) is 4.90 Å². The van der Waals surface area contributed by atoms with Gasteiger partial charge in [0.1, 0.15) is 5.76 Å². The Balaban J connectivity index is 1.29. The quantitative estimate of drug-likeness (QED) is 0.808. The Bertz CT molecular complexity index is 708. The van der Waals surface area contributed by atoms with Crippen LogP contribution in [-0.4, -0.2) is 53.6 Å². The molecular formula is C21H32N4O3. The van der Waals surface area contributed by atoms with Crippen molar-refractivity contribution in [2.45, 2.75) is 70.4 Å². The van der Waals surface area contributed by atoms with Gasteiger partial charge in [-0.15, -0.1) is 0 Å². The molecule has 1 saturated carbocycles. The Morgan fingerprint density at radius 2 is 2.00 bits per heavy atom. The molecule has 1 aliphatic carbocycles. The van der Waals surface area contributed by atoms with Gasteiger partial charge in [0.25, 0.3) is 5.91 Å². The summed E-state index contributed by atoms with van der Waals surface area (Å²) in [4.78, 5) is 27.5. The minimum atomic E-state index is -0.171. The molecule has 7 heteroatoms. The van der Waals surface area contributed by atoms with Crippen LogP contribution in [0.3, 0.4) is 0 Å². The number of nitrogens with zero attached hydrogens (tertiary/aromatic N) is 2. The Morgan fingerprint density at radius 1 is 1.25 bits per heavy atom. The number of likely N-dealkylation sites (tertiary alicyclic amines) is 1. The number of carbonyl (C=O) groups excluding carboxylic acids is 2. The molecule has 1 aromatic heterocycles. The molecule has 3 aliphatic rings. The highest BCUT2D eigenvalue weighted by molar-refractivity contribution is 5.92. The largest absolute Gasteiger partial charge is 0.360 e. The first-order valence-electron chi connectivity index (χ1n) is 10.8. The van der Waals surface area contributed by atoms with E-state index in [1.165, 1.54) is 0 Å². The van der Waals surface area contributed by atoms with E-state index >= 15 is 0 Å². The topological polar surface area (TPSA) is 87.5 Å². The van der Waals surface area contributed by atoms with Crippen LogP contribution in [0, 0.1) is 11.8 Å². The third-order valence-electron chi connectivity index (χ3n) is 6.72. The van der Waals surface area contributed by atoms with Gasteiger partial charge in [-0.1, -0.05) is 12.1 Å². The summed E-state index contributed by atoms with van der Waals surface area (Å²) in [6.07, 6.45) is 5.96. The summed E-state index contributed by atoms with van der Waals surface area (Å²) in [6, 6.07) is 1.98. The summed E-state index contributed by atoms with van der Waals surface area (Å²) in [5.74, 6) is 1.93. The van der Waals surface area contributed by atoms with E-state index < -0.39 is 0 Å². The maximum atomic E-state index is 13.0. The molecule has 3 heterocycles. The molecule has 2 amide bonds. The van der Waals surface area contributed by atoms with Gasteiger partial charge in [0.15, 0.2) is 5.69 Å². The van der Waals surface area contributed by atoms with Crippen molar-refractivity contribution in [2.75, 3.05) is 19.6 Å². The van der Waals surface area contributed by atoms with Crippen molar-refractivity contribution in [3.05, 3.63) is 17.5 Å². The molecule has 1 aromatic rings. The summed E-state index contributed by atoms with van der Waals surface area (Å²) < 4.78 is 5.28. The monoisotopic (exact) mass is 388 g/mol. The summed E-state index contributed by atoms with van der Waals surface area (Å²) >= 11 is 0. The van der Waals surface area contributed by atoms with E-state index in [9.17, 15) is 9.59 Å². The Kier molecular flexibility index (Phi) is 5.71. The minimum Gasteiger partial charge on any atom is -0.360 e. The molecule has 2 saturated heterocycles. The van der Waals surface area contributed by atoms with Gasteiger partial charge >= 0.3 is 0 Å². The maximum Gasteiger partial charge on any atom is 0.273 e. The fourth-order valence-corrected chi connectivity index (χ4v) is 4.65. The number of amides is 2. The van der Waals surface area contributed by atoms with E-state index in [0.717, 1.165) is 57.4 Å². The van der Waals surface area contributed by atoms with Crippen LogP contribution in [0.5, 0.6) is 0 Å². The molecule has 0 aromatic carbocycles. The zero-order valence-electron chi connectivity index (χ0n) is 16.9. The van der Waals surface area contributed by atoms with Gasteiger partial charge in [-0.2, -0.15) is 0 Å². The van der Waals surface area contributed by atoms with Gasteiger partial charge < -0.3 is 20.1 Å². The van der Waals surface area contributed by atoms with Crippen molar-refractivity contribution in [2.24, 2.45) is 11.8 Å². The second-order valence-electron chi connectivity index (χ2n) is 8.84. The fourth-order valence-electron chi connectivity index (χ4n) is 4.65. The van der Waals surface area contributed by atoms with Crippen molar-refractivity contribution >= 4 is 11.8 Å². The van der Waals surface area contributed by atoms with Crippen LogP contribution < -0.4 is 10.6 Å². The van der Waals surface area contributed by atoms with E-state index in [1.54, 1.807) is 6.07 Å². The zero-order chi connectivity index (χ0) is 19.7. The summed E-state index contributed by atoms with van der Waals surface area (Å²) in [7, 11) is 0. The third-order valence-corrected chi connectivity index (χ3v) is 6.72. The molecule has 7 nitrogen and oxygen atoms in total. The predicted octanol–water partition coefficient (Wildman–Crippen LogP) is 2.30. The minimum absolute atomic E-state index is 0.0711. The van der Waals surface area contributed by atoms with E-state index in [-0.39, 0.29) is 29.8 Å². The molecule has 3 atom stereocenters. The molecule has 154 valence electrons. The SMILES string of the molecule is C[C@H](C(=O)N1CC[C@H](NC(=O)c2cc(C3CC3)on2)C[C@@H]1C)C1CCNCC1. The van der Waals surface area contributed by atoms with Crippen LogP contribution in [0.25, 0.3) is 0 Å². The first-order chi connectivity index (χ1) is 13.5. The number of rotatable bonds is 5. The van der Waals surface area contributed by atoms with Crippen LogP contribution in [0.1, 0.15) is 74.5 Å². The van der Waals surface area contributed by atoms with Crippen LogP contribution in [0.2, 0.25) is 0 Å². The molecule has 2 N–H and O–H groups in total. The van der Waals surface area contributed by atoms with Gasteiger partial charge in [0, 0.05) is 36.5 Å². The van der Waals surface area contributed by atoms with Crippen molar-refractivity contribution in [1.82, 2.24) is 20.7 Å².